The number of esters is 1. The van der Waals surface area contributed by atoms with Gasteiger partial charge in [0, 0.05) is 12.7 Å². The largest absolute Gasteiger partial charge is 0.462 e. The molecule has 100 valence electrons. The third-order valence-corrected chi connectivity index (χ3v) is 2.31. The van der Waals surface area contributed by atoms with Gasteiger partial charge >= 0.3 is 5.97 Å². The molecule has 2 aromatic rings. The third kappa shape index (κ3) is 3.06. The van der Waals surface area contributed by atoms with Crippen LogP contribution in [0.4, 0.5) is 5.82 Å². The van der Waals surface area contributed by atoms with Crippen LogP contribution in [-0.4, -0.2) is 38.9 Å². The zero-order chi connectivity index (χ0) is 13.7. The summed E-state index contributed by atoms with van der Waals surface area (Å²) in [6.45, 7) is 4.82. The molecule has 0 unspecified atom stereocenters. The molecule has 0 aliphatic heterocycles. The van der Waals surface area contributed by atoms with E-state index >= 15 is 0 Å². The molecule has 0 bridgehead atoms. The first-order valence-electron chi connectivity index (χ1n) is 6.02. The van der Waals surface area contributed by atoms with Crippen molar-refractivity contribution in [2.24, 2.45) is 0 Å². The molecule has 0 saturated carbocycles. The zero-order valence-electron chi connectivity index (χ0n) is 10.8. The molecule has 19 heavy (non-hydrogen) atoms. The summed E-state index contributed by atoms with van der Waals surface area (Å²) < 4.78 is 6.38. The molecular weight excluding hydrogens is 246 g/mol. The van der Waals surface area contributed by atoms with Crippen molar-refractivity contribution in [1.29, 1.82) is 0 Å². The average Bonchev–Trinajstić information content (AvgIpc) is 2.89. The van der Waals surface area contributed by atoms with Crippen molar-refractivity contribution in [3.8, 4) is 5.82 Å². The van der Waals surface area contributed by atoms with Crippen molar-refractivity contribution in [2.45, 2.75) is 13.8 Å². The number of hydrogen-bond acceptors (Lipinski definition) is 6. The quantitative estimate of drug-likeness (QED) is 0.816. The van der Waals surface area contributed by atoms with Gasteiger partial charge in [0.15, 0.2) is 5.82 Å². The first-order valence-corrected chi connectivity index (χ1v) is 6.02. The number of aromatic nitrogens is 4. The van der Waals surface area contributed by atoms with E-state index in [0.717, 1.165) is 6.54 Å². The van der Waals surface area contributed by atoms with E-state index in [0.29, 0.717) is 23.8 Å². The molecule has 1 N–H and O–H groups in total. The Kier molecular flexibility index (Phi) is 4.07. The molecule has 0 amide bonds. The minimum Gasteiger partial charge on any atom is -0.462 e. The molecule has 0 aromatic carbocycles. The van der Waals surface area contributed by atoms with E-state index in [9.17, 15) is 4.79 Å². The van der Waals surface area contributed by atoms with E-state index in [2.05, 4.69) is 20.4 Å². The molecule has 2 aromatic heterocycles. The number of hydrogen-bond donors (Lipinski definition) is 1. The van der Waals surface area contributed by atoms with Crippen molar-refractivity contribution >= 4 is 11.8 Å². The molecule has 7 heteroatoms. The number of ether oxygens (including phenoxy) is 1. The molecule has 0 aliphatic rings. The second-order valence-corrected chi connectivity index (χ2v) is 3.69. The molecule has 0 aliphatic carbocycles. The Bertz CT molecular complexity index is 567. The Hall–Kier alpha value is -2.44. The van der Waals surface area contributed by atoms with Crippen LogP contribution in [0, 0.1) is 0 Å². The van der Waals surface area contributed by atoms with E-state index in [1.54, 1.807) is 25.5 Å². The summed E-state index contributed by atoms with van der Waals surface area (Å²) in [5.41, 5.74) is 0.387. The van der Waals surface area contributed by atoms with E-state index < -0.39 is 5.97 Å². The molecule has 0 radical (unpaired) electrons. The van der Waals surface area contributed by atoms with Crippen molar-refractivity contribution in [3.05, 3.63) is 30.4 Å². The second kappa shape index (κ2) is 5.94. The van der Waals surface area contributed by atoms with E-state index in [4.69, 9.17) is 4.74 Å². The topological polar surface area (TPSA) is 81.9 Å². The molecular formula is C12H15N5O2. The summed E-state index contributed by atoms with van der Waals surface area (Å²) in [5, 5.41) is 7.14. The van der Waals surface area contributed by atoms with Crippen molar-refractivity contribution < 1.29 is 9.53 Å². The van der Waals surface area contributed by atoms with Crippen LogP contribution in [0.2, 0.25) is 0 Å². The van der Waals surface area contributed by atoms with Gasteiger partial charge in [-0.05, 0) is 13.8 Å². The molecule has 7 nitrogen and oxygen atoms in total. The highest BCUT2D eigenvalue weighted by Gasteiger charge is 2.11. The van der Waals surface area contributed by atoms with Gasteiger partial charge in [0.25, 0.3) is 0 Å². The van der Waals surface area contributed by atoms with Crippen LogP contribution in [0.1, 0.15) is 24.2 Å². The van der Waals surface area contributed by atoms with E-state index in [1.807, 2.05) is 6.92 Å². The van der Waals surface area contributed by atoms with Gasteiger partial charge in [0.2, 0.25) is 0 Å². The van der Waals surface area contributed by atoms with Gasteiger partial charge in [-0.2, -0.15) is 5.10 Å². The second-order valence-electron chi connectivity index (χ2n) is 3.69. The van der Waals surface area contributed by atoms with Crippen molar-refractivity contribution in [1.82, 2.24) is 19.7 Å². The van der Waals surface area contributed by atoms with Crippen LogP contribution >= 0.6 is 0 Å². The molecule has 0 saturated heterocycles. The van der Waals surface area contributed by atoms with Crippen molar-refractivity contribution in [3.63, 3.8) is 0 Å². The Morgan fingerprint density at radius 3 is 2.95 bits per heavy atom. The number of rotatable bonds is 5. The van der Waals surface area contributed by atoms with Gasteiger partial charge < -0.3 is 10.1 Å². The molecule has 0 fully saturated rings. The number of anilines is 1. The SMILES string of the molecule is CCNc1cncc(-n2cc(C(=O)OCC)cn2)n1. The van der Waals surface area contributed by atoms with Crippen LogP contribution in [-0.2, 0) is 4.74 Å². The Labute approximate surface area is 110 Å². The minimum absolute atomic E-state index is 0.333. The number of carbonyl (C=O) groups is 1. The smallest absolute Gasteiger partial charge is 0.341 e. The average molecular weight is 261 g/mol. The summed E-state index contributed by atoms with van der Waals surface area (Å²) in [7, 11) is 0. The fourth-order valence-corrected chi connectivity index (χ4v) is 1.50. The van der Waals surface area contributed by atoms with Gasteiger partial charge in [-0.15, -0.1) is 0 Å². The van der Waals surface area contributed by atoms with Crippen LogP contribution in [0.25, 0.3) is 5.82 Å². The van der Waals surface area contributed by atoms with Gasteiger partial charge in [-0.25, -0.2) is 14.5 Å². The minimum atomic E-state index is -0.399. The van der Waals surface area contributed by atoms with Gasteiger partial charge in [-0.1, -0.05) is 0 Å². The number of carbonyl (C=O) groups excluding carboxylic acids is 1. The Morgan fingerprint density at radius 2 is 2.21 bits per heavy atom. The van der Waals surface area contributed by atoms with Gasteiger partial charge in [0.05, 0.1) is 30.8 Å². The van der Waals surface area contributed by atoms with Gasteiger partial charge in [0.1, 0.15) is 5.82 Å². The first-order chi connectivity index (χ1) is 9.24. The van der Waals surface area contributed by atoms with Gasteiger partial charge in [-0.3, -0.25) is 4.98 Å². The summed E-state index contributed by atoms with van der Waals surface area (Å²) in [6.07, 6.45) is 6.21. The summed E-state index contributed by atoms with van der Waals surface area (Å²) in [6, 6.07) is 0. The highest BCUT2D eigenvalue weighted by atomic mass is 16.5. The lowest BCUT2D eigenvalue weighted by molar-refractivity contribution is 0.0526. The van der Waals surface area contributed by atoms with E-state index in [1.165, 1.54) is 10.9 Å². The van der Waals surface area contributed by atoms with Crippen molar-refractivity contribution in [2.75, 3.05) is 18.5 Å². The normalized spacial score (nSPS) is 10.2. The van der Waals surface area contributed by atoms with Crippen LogP contribution in [0.5, 0.6) is 0 Å². The third-order valence-electron chi connectivity index (χ3n) is 2.31. The highest BCUT2D eigenvalue weighted by molar-refractivity contribution is 5.88. The first kappa shape index (κ1) is 13.0. The Morgan fingerprint density at radius 1 is 1.37 bits per heavy atom. The summed E-state index contributed by atoms with van der Waals surface area (Å²) in [5.74, 6) is 0.798. The lowest BCUT2D eigenvalue weighted by Crippen LogP contribution is -2.05. The van der Waals surface area contributed by atoms with Crippen LogP contribution in [0.3, 0.4) is 0 Å². The van der Waals surface area contributed by atoms with E-state index in [-0.39, 0.29) is 0 Å². The molecule has 2 heterocycles. The Balaban J connectivity index is 2.22. The lowest BCUT2D eigenvalue weighted by atomic mass is 10.4. The summed E-state index contributed by atoms with van der Waals surface area (Å²) >= 11 is 0. The standard InChI is InChI=1S/C12H15N5O2/c1-3-14-10-6-13-7-11(16-10)17-8-9(5-15-17)12(18)19-4-2/h5-8H,3-4H2,1-2H3,(H,14,16). The highest BCUT2D eigenvalue weighted by Crippen LogP contribution is 2.08. The number of nitrogens with one attached hydrogen (secondary N) is 1. The fourth-order valence-electron chi connectivity index (χ4n) is 1.50. The monoisotopic (exact) mass is 261 g/mol. The molecule has 0 atom stereocenters. The summed E-state index contributed by atoms with van der Waals surface area (Å²) in [4.78, 5) is 19.9. The van der Waals surface area contributed by atoms with Crippen LogP contribution < -0.4 is 5.32 Å². The predicted molar refractivity (Wildman–Crippen MR) is 69.3 cm³/mol. The lowest BCUT2D eigenvalue weighted by Gasteiger charge is -2.04. The zero-order valence-corrected chi connectivity index (χ0v) is 10.8. The number of nitrogens with zero attached hydrogens (tertiary/aromatic N) is 4. The molecule has 0 spiro atoms. The maximum Gasteiger partial charge on any atom is 0.341 e. The maximum atomic E-state index is 11.5. The fraction of sp³-hybridized carbons (Fsp3) is 0.333. The maximum absolute atomic E-state index is 11.5. The predicted octanol–water partition coefficient (Wildman–Crippen LogP) is 1.27. The van der Waals surface area contributed by atoms with Crippen LogP contribution in [0.15, 0.2) is 24.8 Å². The molecule has 2 rings (SSSR count).